The van der Waals surface area contributed by atoms with Crippen LogP contribution in [0.3, 0.4) is 0 Å². The Morgan fingerprint density at radius 3 is 2.16 bits per heavy atom. The van der Waals surface area contributed by atoms with Crippen LogP contribution in [0.15, 0.2) is 35.3 Å². The molecule has 0 radical (unpaired) electrons. The van der Waals surface area contributed by atoms with Crippen molar-refractivity contribution in [1.82, 2.24) is 9.80 Å². The molecule has 2 atom stereocenters. The molecule has 3 heteroatoms. The number of hydrogen-bond donors (Lipinski definition) is 0. The molecule has 3 rings (SSSR count). The monoisotopic (exact) mass is 257 g/mol. The molecule has 3 nitrogen and oxygen atoms in total. The van der Waals surface area contributed by atoms with Gasteiger partial charge in [-0.2, -0.15) is 0 Å². The summed E-state index contributed by atoms with van der Waals surface area (Å²) < 4.78 is 0. The van der Waals surface area contributed by atoms with Gasteiger partial charge in [-0.25, -0.2) is 4.99 Å². The van der Waals surface area contributed by atoms with Crippen molar-refractivity contribution >= 4 is 5.96 Å². The number of guanidine groups is 1. The van der Waals surface area contributed by atoms with Gasteiger partial charge < -0.3 is 9.80 Å². The molecular weight excluding hydrogens is 234 g/mol. The molecule has 0 N–H and O–H groups in total. The van der Waals surface area contributed by atoms with Gasteiger partial charge >= 0.3 is 0 Å². The van der Waals surface area contributed by atoms with Gasteiger partial charge in [0.1, 0.15) is 0 Å². The second kappa shape index (κ2) is 5.24. The smallest absolute Gasteiger partial charge is 0.197 e. The first kappa shape index (κ1) is 12.5. The van der Waals surface area contributed by atoms with Crippen LogP contribution in [0.1, 0.15) is 31.2 Å². The number of nitrogens with zero attached hydrogens (tertiary/aromatic N) is 3. The maximum atomic E-state index is 4.85. The van der Waals surface area contributed by atoms with Crippen LogP contribution in [0.5, 0.6) is 0 Å². The molecule has 2 fully saturated rings. The van der Waals surface area contributed by atoms with E-state index in [0.29, 0.717) is 12.1 Å². The number of likely N-dealkylation sites (N-methyl/N-ethyl adjacent to an activating group) is 2. The zero-order chi connectivity index (χ0) is 13.2. The van der Waals surface area contributed by atoms with Crippen LogP contribution < -0.4 is 0 Å². The average Bonchev–Trinajstić information content (AvgIpc) is 2.71. The molecule has 1 aliphatic carbocycles. The van der Waals surface area contributed by atoms with Crippen LogP contribution in [0.2, 0.25) is 0 Å². The van der Waals surface area contributed by atoms with Crippen molar-refractivity contribution in [2.75, 3.05) is 14.1 Å². The van der Waals surface area contributed by atoms with E-state index in [1.165, 1.54) is 37.2 Å². The summed E-state index contributed by atoms with van der Waals surface area (Å²) in [5, 5.41) is 0. The van der Waals surface area contributed by atoms with Crippen molar-refractivity contribution in [2.45, 2.75) is 44.3 Å². The van der Waals surface area contributed by atoms with Gasteiger partial charge in [-0.3, -0.25) is 0 Å². The Kier molecular flexibility index (Phi) is 3.45. The lowest BCUT2D eigenvalue weighted by atomic mass is 9.91. The van der Waals surface area contributed by atoms with Crippen molar-refractivity contribution in [2.24, 2.45) is 4.99 Å². The molecule has 1 aliphatic heterocycles. The molecule has 0 aromatic heterocycles. The van der Waals surface area contributed by atoms with Crippen molar-refractivity contribution < 1.29 is 0 Å². The Morgan fingerprint density at radius 2 is 1.58 bits per heavy atom. The van der Waals surface area contributed by atoms with Crippen LogP contribution in [-0.4, -0.2) is 41.9 Å². The van der Waals surface area contributed by atoms with Gasteiger partial charge in [0, 0.05) is 14.1 Å². The fraction of sp³-hybridized carbons (Fsp3) is 0.562. The fourth-order valence-electron chi connectivity index (χ4n) is 3.51. The summed E-state index contributed by atoms with van der Waals surface area (Å²) in [6, 6.07) is 11.9. The molecule has 2 unspecified atom stereocenters. The highest BCUT2D eigenvalue weighted by Gasteiger charge is 2.41. The Bertz CT molecular complexity index is 434. The lowest BCUT2D eigenvalue weighted by Gasteiger charge is -2.29. The van der Waals surface area contributed by atoms with E-state index >= 15 is 0 Å². The van der Waals surface area contributed by atoms with Gasteiger partial charge in [-0.1, -0.05) is 43.2 Å². The van der Waals surface area contributed by atoms with E-state index in [1.54, 1.807) is 0 Å². The normalized spacial score (nSPS) is 26.5. The van der Waals surface area contributed by atoms with Crippen LogP contribution in [0.4, 0.5) is 0 Å². The van der Waals surface area contributed by atoms with Gasteiger partial charge in [0.15, 0.2) is 5.96 Å². The molecule has 102 valence electrons. The number of benzene rings is 1. The van der Waals surface area contributed by atoms with E-state index in [-0.39, 0.29) is 0 Å². The minimum absolute atomic E-state index is 0.674. The molecule has 0 bridgehead atoms. The zero-order valence-electron chi connectivity index (χ0n) is 11.9. The number of hydrogen-bond acceptors (Lipinski definition) is 1. The summed E-state index contributed by atoms with van der Waals surface area (Å²) in [7, 11) is 4.41. The molecule has 1 heterocycles. The maximum Gasteiger partial charge on any atom is 0.197 e. The number of rotatable bonds is 2. The summed E-state index contributed by atoms with van der Waals surface area (Å²) in [6.45, 7) is 0.782. The topological polar surface area (TPSA) is 18.8 Å². The molecule has 2 aliphatic rings. The molecule has 0 spiro atoms. The molecule has 1 saturated carbocycles. The third-order valence-electron chi connectivity index (χ3n) is 4.57. The minimum Gasteiger partial charge on any atom is -0.341 e. The predicted octanol–water partition coefficient (Wildman–Crippen LogP) is 2.73. The average molecular weight is 257 g/mol. The largest absolute Gasteiger partial charge is 0.341 e. The van der Waals surface area contributed by atoms with Crippen molar-refractivity contribution in [3.8, 4) is 0 Å². The van der Waals surface area contributed by atoms with Gasteiger partial charge in [0.2, 0.25) is 0 Å². The summed E-state index contributed by atoms with van der Waals surface area (Å²) in [5.74, 6) is 1.17. The number of aliphatic imine (C=N–C) groups is 1. The number of fused-ring (bicyclic) bond motifs is 1. The van der Waals surface area contributed by atoms with Gasteiger partial charge in [0.05, 0.1) is 18.6 Å². The third-order valence-corrected chi connectivity index (χ3v) is 4.57. The Labute approximate surface area is 115 Å². The SMILES string of the molecule is CN1C(=NCc2ccccc2)N(C)C2CCCCC21. The minimum atomic E-state index is 0.674. The predicted molar refractivity (Wildman–Crippen MR) is 79.2 cm³/mol. The summed E-state index contributed by atoms with van der Waals surface area (Å²) in [4.78, 5) is 9.64. The van der Waals surface area contributed by atoms with Crippen LogP contribution in [0.25, 0.3) is 0 Å². The summed E-state index contributed by atoms with van der Waals surface area (Å²) in [6.07, 6.45) is 5.36. The Hall–Kier alpha value is -1.51. The highest BCUT2D eigenvalue weighted by atomic mass is 15.4. The molecule has 0 amide bonds. The summed E-state index contributed by atoms with van der Waals surface area (Å²) in [5.41, 5.74) is 1.28. The van der Waals surface area contributed by atoms with E-state index in [9.17, 15) is 0 Å². The highest BCUT2D eigenvalue weighted by Crippen LogP contribution is 2.32. The van der Waals surface area contributed by atoms with Crippen molar-refractivity contribution in [3.63, 3.8) is 0 Å². The van der Waals surface area contributed by atoms with E-state index in [0.717, 1.165) is 6.54 Å². The van der Waals surface area contributed by atoms with Crippen LogP contribution in [-0.2, 0) is 6.54 Å². The van der Waals surface area contributed by atoms with Gasteiger partial charge in [0.25, 0.3) is 0 Å². The van der Waals surface area contributed by atoms with Crippen molar-refractivity contribution in [3.05, 3.63) is 35.9 Å². The standard InChI is InChI=1S/C16H23N3/c1-18-14-10-6-7-11-15(14)19(2)16(18)17-12-13-8-4-3-5-9-13/h3-5,8-9,14-15H,6-7,10-12H2,1-2H3. The zero-order valence-corrected chi connectivity index (χ0v) is 11.9. The first-order valence-corrected chi connectivity index (χ1v) is 7.31. The lowest BCUT2D eigenvalue weighted by Crippen LogP contribution is -2.37. The second-order valence-electron chi connectivity index (χ2n) is 5.74. The lowest BCUT2D eigenvalue weighted by molar-refractivity contribution is 0.233. The van der Waals surface area contributed by atoms with Crippen molar-refractivity contribution in [1.29, 1.82) is 0 Å². The van der Waals surface area contributed by atoms with Gasteiger partial charge in [-0.05, 0) is 18.4 Å². The molecule has 1 aromatic carbocycles. The summed E-state index contributed by atoms with van der Waals surface area (Å²) >= 11 is 0. The molecule has 1 aromatic rings. The first-order valence-electron chi connectivity index (χ1n) is 7.31. The van der Waals surface area contributed by atoms with Crippen LogP contribution >= 0.6 is 0 Å². The van der Waals surface area contributed by atoms with E-state index in [1.807, 2.05) is 0 Å². The fourth-order valence-corrected chi connectivity index (χ4v) is 3.51. The Balaban J connectivity index is 1.76. The quantitative estimate of drug-likeness (QED) is 0.811. The van der Waals surface area contributed by atoms with E-state index in [2.05, 4.69) is 54.2 Å². The molecule has 1 saturated heterocycles. The molecular formula is C16H23N3. The van der Waals surface area contributed by atoms with Gasteiger partial charge in [-0.15, -0.1) is 0 Å². The Morgan fingerprint density at radius 1 is 1.00 bits per heavy atom. The van der Waals surface area contributed by atoms with E-state index < -0.39 is 0 Å². The molecule has 19 heavy (non-hydrogen) atoms. The maximum absolute atomic E-state index is 4.85. The second-order valence-corrected chi connectivity index (χ2v) is 5.74. The third kappa shape index (κ3) is 2.34. The highest BCUT2D eigenvalue weighted by molar-refractivity contribution is 5.82. The first-order chi connectivity index (χ1) is 9.27. The van der Waals surface area contributed by atoms with Crippen LogP contribution in [0, 0.1) is 0 Å². The van der Waals surface area contributed by atoms with E-state index in [4.69, 9.17) is 4.99 Å².